The third-order valence-corrected chi connectivity index (χ3v) is 3.46. The highest BCUT2D eigenvalue weighted by Crippen LogP contribution is 2.37. The number of amides is 1. The molecule has 0 atom stereocenters. The number of nitrogens with one attached hydrogen (secondary N) is 1. The van der Waals surface area contributed by atoms with Crippen LogP contribution in [0.1, 0.15) is 0 Å². The molecule has 0 unspecified atom stereocenters. The lowest BCUT2D eigenvalue weighted by Crippen LogP contribution is -2.35. The second-order valence-corrected chi connectivity index (χ2v) is 5.15. The molecule has 1 aliphatic rings. The highest BCUT2D eigenvalue weighted by atomic mass is 79.9. The molecule has 1 aliphatic heterocycles. The molecule has 0 radical (unpaired) electrons. The van der Waals surface area contributed by atoms with Crippen molar-refractivity contribution in [1.29, 1.82) is 0 Å². The van der Waals surface area contributed by atoms with Crippen LogP contribution in [0.25, 0.3) is 0 Å². The van der Waals surface area contributed by atoms with E-state index in [1.54, 1.807) is 11.1 Å². The molecule has 7 heteroatoms. The summed E-state index contributed by atoms with van der Waals surface area (Å²) in [4.78, 5) is 21.6. The van der Waals surface area contributed by atoms with Gasteiger partial charge in [0.1, 0.15) is 6.54 Å². The number of anilines is 3. The molecule has 19 heavy (non-hydrogen) atoms. The molecule has 5 nitrogen and oxygen atoms in total. The minimum absolute atomic E-state index is 0.0969. The fraction of sp³-hybridized carbons (Fsp3) is 0.0833. The Bertz CT molecular complexity index is 664. The van der Waals surface area contributed by atoms with Crippen LogP contribution in [0.4, 0.5) is 17.2 Å². The lowest BCUT2D eigenvalue weighted by atomic mass is 10.2. The van der Waals surface area contributed by atoms with Crippen molar-refractivity contribution >= 4 is 50.6 Å². The van der Waals surface area contributed by atoms with Crippen LogP contribution in [0, 0.1) is 0 Å². The zero-order chi connectivity index (χ0) is 13.4. The standard InChI is InChI=1S/C12H8BrClN4O/c13-7-5-15-12(14)17-11(7)18-6-10(19)16-8-3-1-2-4-9(8)18/h1-5H,6H2,(H,16,19). The molecule has 96 valence electrons. The molecule has 1 amide bonds. The molecule has 1 aromatic carbocycles. The summed E-state index contributed by atoms with van der Waals surface area (Å²) in [6.07, 6.45) is 1.57. The summed E-state index contributed by atoms with van der Waals surface area (Å²) in [6, 6.07) is 7.53. The first kappa shape index (κ1) is 12.4. The maximum atomic E-state index is 11.8. The molecule has 0 bridgehead atoms. The van der Waals surface area contributed by atoms with Gasteiger partial charge in [-0.1, -0.05) is 12.1 Å². The number of carbonyl (C=O) groups excluding carboxylic acids is 1. The van der Waals surface area contributed by atoms with Gasteiger partial charge in [-0.05, 0) is 39.7 Å². The van der Waals surface area contributed by atoms with Crippen molar-refractivity contribution in [3.8, 4) is 0 Å². The SMILES string of the molecule is O=C1CN(c2nc(Cl)ncc2Br)c2ccccc2N1. The number of benzene rings is 1. The van der Waals surface area contributed by atoms with Gasteiger partial charge in [0.2, 0.25) is 11.2 Å². The molecule has 2 aromatic rings. The van der Waals surface area contributed by atoms with Crippen LogP contribution in [0.5, 0.6) is 0 Å². The van der Waals surface area contributed by atoms with Gasteiger partial charge in [0, 0.05) is 6.20 Å². The summed E-state index contributed by atoms with van der Waals surface area (Å²) in [5.41, 5.74) is 1.62. The first-order valence-electron chi connectivity index (χ1n) is 5.49. The molecule has 0 saturated carbocycles. The summed E-state index contributed by atoms with van der Waals surface area (Å²) in [6.45, 7) is 0.183. The Hall–Kier alpha value is -1.66. The summed E-state index contributed by atoms with van der Waals surface area (Å²) in [7, 11) is 0. The van der Waals surface area contributed by atoms with Crippen LogP contribution >= 0.6 is 27.5 Å². The van der Waals surface area contributed by atoms with Crippen molar-refractivity contribution in [2.24, 2.45) is 0 Å². The lowest BCUT2D eigenvalue weighted by molar-refractivity contribution is -0.115. The van der Waals surface area contributed by atoms with Crippen molar-refractivity contribution in [3.63, 3.8) is 0 Å². The molecule has 0 fully saturated rings. The Kier molecular flexibility index (Phi) is 3.12. The van der Waals surface area contributed by atoms with E-state index in [-0.39, 0.29) is 17.7 Å². The van der Waals surface area contributed by atoms with Gasteiger partial charge in [-0.3, -0.25) is 4.79 Å². The van der Waals surface area contributed by atoms with E-state index >= 15 is 0 Å². The molecule has 1 aromatic heterocycles. The van der Waals surface area contributed by atoms with Crippen molar-refractivity contribution in [2.45, 2.75) is 0 Å². The Morgan fingerprint density at radius 1 is 1.37 bits per heavy atom. The minimum Gasteiger partial charge on any atom is -0.323 e. The van der Waals surface area contributed by atoms with Crippen molar-refractivity contribution in [2.75, 3.05) is 16.8 Å². The van der Waals surface area contributed by atoms with Crippen LogP contribution in [-0.4, -0.2) is 22.4 Å². The van der Waals surface area contributed by atoms with Gasteiger partial charge >= 0.3 is 0 Å². The van der Waals surface area contributed by atoms with Gasteiger partial charge in [-0.2, -0.15) is 4.98 Å². The number of rotatable bonds is 1. The fourth-order valence-corrected chi connectivity index (χ4v) is 2.48. The number of nitrogens with zero attached hydrogens (tertiary/aromatic N) is 3. The number of para-hydroxylation sites is 2. The Labute approximate surface area is 122 Å². The molecule has 0 saturated heterocycles. The van der Waals surface area contributed by atoms with Crippen molar-refractivity contribution < 1.29 is 4.79 Å². The van der Waals surface area contributed by atoms with Gasteiger partial charge < -0.3 is 10.2 Å². The van der Waals surface area contributed by atoms with E-state index in [4.69, 9.17) is 11.6 Å². The predicted octanol–water partition coefficient (Wildman–Crippen LogP) is 2.98. The average molecular weight is 340 g/mol. The lowest BCUT2D eigenvalue weighted by Gasteiger charge is -2.30. The van der Waals surface area contributed by atoms with E-state index in [0.29, 0.717) is 10.3 Å². The first-order chi connectivity index (χ1) is 9.15. The van der Waals surface area contributed by atoms with E-state index in [0.717, 1.165) is 11.4 Å². The van der Waals surface area contributed by atoms with Crippen molar-refractivity contribution in [1.82, 2.24) is 9.97 Å². The van der Waals surface area contributed by atoms with Crippen LogP contribution in [0.3, 0.4) is 0 Å². The van der Waals surface area contributed by atoms with Gasteiger partial charge in [0.05, 0.1) is 15.8 Å². The fourth-order valence-electron chi connectivity index (χ4n) is 1.95. The van der Waals surface area contributed by atoms with Gasteiger partial charge in [0.25, 0.3) is 0 Å². The number of carbonyl (C=O) groups is 1. The number of fused-ring (bicyclic) bond motifs is 1. The zero-order valence-corrected chi connectivity index (χ0v) is 11.9. The van der Waals surface area contributed by atoms with Gasteiger partial charge in [-0.15, -0.1) is 0 Å². The van der Waals surface area contributed by atoms with E-state index < -0.39 is 0 Å². The van der Waals surface area contributed by atoms with Crippen LogP contribution in [0.2, 0.25) is 5.28 Å². The quantitative estimate of drug-likeness (QED) is 0.812. The average Bonchev–Trinajstić information content (AvgIpc) is 2.40. The summed E-state index contributed by atoms with van der Waals surface area (Å²) in [5, 5.41) is 2.96. The molecule has 3 rings (SSSR count). The molecule has 0 aliphatic carbocycles. The van der Waals surface area contributed by atoms with Crippen LogP contribution in [-0.2, 0) is 4.79 Å². The minimum atomic E-state index is -0.0969. The smallest absolute Gasteiger partial charge is 0.244 e. The maximum Gasteiger partial charge on any atom is 0.244 e. The monoisotopic (exact) mass is 338 g/mol. The summed E-state index contributed by atoms with van der Waals surface area (Å²) < 4.78 is 0.682. The molecule has 1 N–H and O–H groups in total. The van der Waals surface area contributed by atoms with Gasteiger partial charge in [0.15, 0.2) is 5.82 Å². The van der Waals surface area contributed by atoms with E-state index in [2.05, 4.69) is 31.2 Å². The summed E-state index contributed by atoms with van der Waals surface area (Å²) >= 11 is 9.21. The Morgan fingerprint density at radius 3 is 3.00 bits per heavy atom. The van der Waals surface area contributed by atoms with Crippen LogP contribution < -0.4 is 10.2 Å². The third kappa shape index (κ3) is 2.29. The highest BCUT2D eigenvalue weighted by Gasteiger charge is 2.25. The normalized spacial score (nSPS) is 14.0. The highest BCUT2D eigenvalue weighted by molar-refractivity contribution is 9.10. The topological polar surface area (TPSA) is 58.1 Å². The number of hydrogen-bond donors (Lipinski definition) is 1. The van der Waals surface area contributed by atoms with E-state index in [9.17, 15) is 4.79 Å². The first-order valence-corrected chi connectivity index (χ1v) is 6.67. The number of aromatic nitrogens is 2. The third-order valence-electron chi connectivity index (χ3n) is 2.72. The molecule has 0 spiro atoms. The largest absolute Gasteiger partial charge is 0.323 e. The number of hydrogen-bond acceptors (Lipinski definition) is 4. The van der Waals surface area contributed by atoms with Crippen molar-refractivity contribution in [3.05, 3.63) is 40.2 Å². The Morgan fingerprint density at radius 2 is 2.16 bits per heavy atom. The molecule has 2 heterocycles. The second-order valence-electron chi connectivity index (χ2n) is 3.96. The molecular weight excluding hydrogens is 332 g/mol. The van der Waals surface area contributed by atoms with Gasteiger partial charge in [-0.25, -0.2) is 4.98 Å². The maximum absolute atomic E-state index is 11.8. The Balaban J connectivity index is 2.15. The summed E-state index contributed by atoms with van der Waals surface area (Å²) in [5.74, 6) is 0.475. The zero-order valence-electron chi connectivity index (χ0n) is 9.60. The number of halogens is 2. The second kappa shape index (κ2) is 4.79. The van der Waals surface area contributed by atoms with E-state index in [1.165, 1.54) is 0 Å². The molecular formula is C12H8BrClN4O. The van der Waals surface area contributed by atoms with E-state index in [1.807, 2.05) is 24.3 Å². The predicted molar refractivity (Wildman–Crippen MR) is 76.8 cm³/mol. The van der Waals surface area contributed by atoms with Crippen LogP contribution in [0.15, 0.2) is 34.9 Å².